The maximum atomic E-state index is 13.9. The Morgan fingerprint density at radius 3 is 2.64 bits per heavy atom. The summed E-state index contributed by atoms with van der Waals surface area (Å²) in [5, 5.41) is 14.8. The number of rotatable bonds is 2. The lowest BCUT2D eigenvalue weighted by Crippen LogP contribution is -2.35. The molecule has 0 spiro atoms. The van der Waals surface area contributed by atoms with Crippen LogP contribution >= 0.6 is 11.6 Å². The van der Waals surface area contributed by atoms with Gasteiger partial charge in [0.2, 0.25) is 0 Å². The molecule has 3 aromatic carbocycles. The zero-order valence-electron chi connectivity index (χ0n) is 13.2. The number of aliphatic carboxylic acids is 1. The van der Waals surface area contributed by atoms with E-state index in [1.807, 2.05) is 42.5 Å². The highest BCUT2D eigenvalue weighted by atomic mass is 35.5. The van der Waals surface area contributed by atoms with Gasteiger partial charge in [-0.25, -0.2) is 9.18 Å². The van der Waals surface area contributed by atoms with Gasteiger partial charge < -0.3 is 10.4 Å². The molecule has 0 bridgehead atoms. The molecular weight excluding hydrogens is 341 g/mol. The molecule has 5 heteroatoms. The van der Waals surface area contributed by atoms with Crippen molar-refractivity contribution < 1.29 is 14.3 Å². The number of carbonyl (C=O) groups is 1. The standard InChI is InChI=1S/C20H15ClFNO2/c21-17-9-14(22)8-16-15(10-18(20(24)25)23-19(16)17)13-6-5-11-3-1-2-4-12(11)7-13/h1-9,15,18,23H,10H2,(H,24,25). The first-order chi connectivity index (χ1) is 12.0. The highest BCUT2D eigenvalue weighted by molar-refractivity contribution is 6.33. The van der Waals surface area contributed by atoms with Crippen LogP contribution in [0.1, 0.15) is 23.5 Å². The van der Waals surface area contributed by atoms with Crippen molar-refractivity contribution >= 4 is 34.0 Å². The largest absolute Gasteiger partial charge is 0.480 e. The van der Waals surface area contributed by atoms with Gasteiger partial charge in [0.25, 0.3) is 0 Å². The fourth-order valence-electron chi connectivity index (χ4n) is 3.52. The second-order valence-electron chi connectivity index (χ2n) is 6.28. The summed E-state index contributed by atoms with van der Waals surface area (Å²) in [6.07, 6.45) is 0.334. The fourth-order valence-corrected chi connectivity index (χ4v) is 3.79. The Hall–Kier alpha value is -2.59. The molecule has 0 radical (unpaired) electrons. The predicted molar refractivity (Wildman–Crippen MR) is 96.9 cm³/mol. The number of benzene rings is 3. The van der Waals surface area contributed by atoms with Gasteiger partial charge in [-0.2, -0.15) is 0 Å². The molecule has 1 aliphatic heterocycles. The Morgan fingerprint density at radius 1 is 1.12 bits per heavy atom. The van der Waals surface area contributed by atoms with Crippen LogP contribution < -0.4 is 5.32 Å². The summed E-state index contributed by atoms with van der Waals surface area (Å²) in [5.41, 5.74) is 2.15. The SMILES string of the molecule is O=C(O)C1CC(c2ccc3ccccc3c2)c2cc(F)cc(Cl)c2N1. The van der Waals surface area contributed by atoms with Gasteiger partial charge in [-0.1, -0.05) is 54.1 Å². The molecular formula is C20H15ClFNO2. The summed E-state index contributed by atoms with van der Waals surface area (Å²) in [4.78, 5) is 11.6. The first kappa shape index (κ1) is 15.9. The second-order valence-corrected chi connectivity index (χ2v) is 6.69. The Kier molecular flexibility index (Phi) is 3.85. The average Bonchev–Trinajstić information content (AvgIpc) is 2.60. The molecule has 2 atom stereocenters. The van der Waals surface area contributed by atoms with Gasteiger partial charge in [-0.15, -0.1) is 0 Å². The van der Waals surface area contributed by atoms with Gasteiger partial charge in [0, 0.05) is 5.92 Å². The van der Waals surface area contributed by atoms with E-state index in [0.717, 1.165) is 16.3 Å². The average molecular weight is 356 g/mol. The van der Waals surface area contributed by atoms with Gasteiger partial charge in [0.15, 0.2) is 0 Å². The van der Waals surface area contributed by atoms with E-state index < -0.39 is 17.8 Å². The molecule has 2 N–H and O–H groups in total. The van der Waals surface area contributed by atoms with Gasteiger partial charge in [-0.05, 0) is 40.5 Å². The van der Waals surface area contributed by atoms with Crippen LogP contribution in [0.25, 0.3) is 10.8 Å². The number of anilines is 1. The molecule has 0 amide bonds. The molecule has 1 aliphatic rings. The first-order valence-electron chi connectivity index (χ1n) is 8.00. The minimum atomic E-state index is -0.947. The predicted octanol–water partition coefficient (Wildman–Crippen LogP) is 5.03. The molecule has 0 saturated heterocycles. The van der Waals surface area contributed by atoms with E-state index in [9.17, 15) is 14.3 Å². The third-order valence-corrected chi connectivity index (χ3v) is 5.02. The van der Waals surface area contributed by atoms with Gasteiger partial charge in [-0.3, -0.25) is 0 Å². The van der Waals surface area contributed by atoms with Crippen molar-refractivity contribution in [1.82, 2.24) is 0 Å². The Bertz CT molecular complexity index is 989. The van der Waals surface area contributed by atoms with Crippen molar-refractivity contribution in [3.63, 3.8) is 0 Å². The molecule has 3 nitrogen and oxygen atoms in total. The Balaban J connectivity index is 1.88. The van der Waals surface area contributed by atoms with Crippen molar-refractivity contribution in [2.45, 2.75) is 18.4 Å². The third-order valence-electron chi connectivity index (χ3n) is 4.72. The first-order valence-corrected chi connectivity index (χ1v) is 8.37. The van der Waals surface area contributed by atoms with Crippen LogP contribution in [0.4, 0.5) is 10.1 Å². The molecule has 4 rings (SSSR count). The van der Waals surface area contributed by atoms with Crippen molar-refractivity contribution in [2.75, 3.05) is 5.32 Å². The van der Waals surface area contributed by atoms with Crippen LogP contribution in [0.2, 0.25) is 5.02 Å². The molecule has 25 heavy (non-hydrogen) atoms. The lowest BCUT2D eigenvalue weighted by atomic mass is 9.81. The van der Waals surface area contributed by atoms with Gasteiger partial charge in [0.1, 0.15) is 11.9 Å². The Labute approximate surface area is 149 Å². The van der Waals surface area contributed by atoms with E-state index in [1.54, 1.807) is 0 Å². The molecule has 0 fully saturated rings. The van der Waals surface area contributed by atoms with Crippen molar-refractivity contribution in [2.24, 2.45) is 0 Å². The summed E-state index contributed by atoms with van der Waals surface area (Å²) in [5.74, 6) is -1.61. The summed E-state index contributed by atoms with van der Waals surface area (Å²) in [7, 11) is 0. The van der Waals surface area contributed by atoms with E-state index in [-0.39, 0.29) is 10.9 Å². The van der Waals surface area contributed by atoms with Crippen LogP contribution in [0.5, 0.6) is 0 Å². The number of halogens is 2. The topological polar surface area (TPSA) is 49.3 Å². The van der Waals surface area contributed by atoms with Gasteiger partial charge >= 0.3 is 5.97 Å². The van der Waals surface area contributed by atoms with E-state index in [4.69, 9.17) is 11.6 Å². The molecule has 1 heterocycles. The van der Waals surface area contributed by atoms with Crippen molar-refractivity contribution in [3.8, 4) is 0 Å². The summed E-state index contributed by atoms with van der Waals surface area (Å²) >= 11 is 6.17. The normalized spacial score (nSPS) is 19.3. The van der Waals surface area contributed by atoms with Crippen LogP contribution in [-0.4, -0.2) is 17.1 Å². The molecule has 2 unspecified atom stereocenters. The van der Waals surface area contributed by atoms with Crippen molar-refractivity contribution in [1.29, 1.82) is 0 Å². The Morgan fingerprint density at radius 2 is 1.88 bits per heavy atom. The molecule has 126 valence electrons. The summed E-state index contributed by atoms with van der Waals surface area (Å²) < 4.78 is 13.9. The maximum Gasteiger partial charge on any atom is 0.326 e. The molecule has 0 saturated carbocycles. The minimum absolute atomic E-state index is 0.201. The number of hydrogen-bond acceptors (Lipinski definition) is 2. The van der Waals surface area contributed by atoms with Gasteiger partial charge in [0.05, 0.1) is 10.7 Å². The molecule has 0 aliphatic carbocycles. The number of carboxylic acid groups (broad SMARTS) is 1. The lowest BCUT2D eigenvalue weighted by molar-refractivity contribution is -0.138. The number of hydrogen-bond donors (Lipinski definition) is 2. The van der Waals surface area contributed by atoms with Crippen LogP contribution in [-0.2, 0) is 4.79 Å². The van der Waals surface area contributed by atoms with E-state index >= 15 is 0 Å². The lowest BCUT2D eigenvalue weighted by Gasteiger charge is -2.32. The second kappa shape index (κ2) is 6.05. The number of nitrogens with one attached hydrogen (secondary N) is 1. The van der Waals surface area contributed by atoms with Crippen molar-refractivity contribution in [3.05, 3.63) is 76.6 Å². The minimum Gasteiger partial charge on any atom is -0.480 e. The summed E-state index contributed by atoms with van der Waals surface area (Å²) in [6.45, 7) is 0. The zero-order chi connectivity index (χ0) is 17.6. The highest BCUT2D eigenvalue weighted by Gasteiger charge is 2.33. The third kappa shape index (κ3) is 2.83. The fraction of sp³-hybridized carbons (Fsp3) is 0.150. The number of fused-ring (bicyclic) bond motifs is 2. The quantitative estimate of drug-likeness (QED) is 0.677. The van der Waals surface area contributed by atoms with E-state index in [2.05, 4.69) is 5.32 Å². The monoisotopic (exact) mass is 355 g/mol. The van der Waals surface area contributed by atoms with E-state index in [1.165, 1.54) is 12.1 Å². The van der Waals surface area contributed by atoms with Crippen LogP contribution in [0, 0.1) is 5.82 Å². The maximum absolute atomic E-state index is 13.9. The molecule has 3 aromatic rings. The highest BCUT2D eigenvalue weighted by Crippen LogP contribution is 2.43. The molecule has 0 aromatic heterocycles. The summed E-state index contributed by atoms with van der Waals surface area (Å²) in [6, 6.07) is 15.8. The number of carboxylic acids is 1. The van der Waals surface area contributed by atoms with Crippen LogP contribution in [0.3, 0.4) is 0 Å². The van der Waals surface area contributed by atoms with E-state index in [0.29, 0.717) is 17.7 Å². The smallest absolute Gasteiger partial charge is 0.326 e. The van der Waals surface area contributed by atoms with Crippen LogP contribution in [0.15, 0.2) is 54.6 Å². The zero-order valence-corrected chi connectivity index (χ0v) is 13.9.